The van der Waals surface area contributed by atoms with Crippen molar-refractivity contribution < 1.29 is 13.2 Å². The minimum absolute atomic E-state index is 0.112. The molecule has 0 heterocycles. The predicted octanol–water partition coefficient (Wildman–Crippen LogP) is 0.696. The molecule has 0 unspecified atom stereocenters. The van der Waals surface area contributed by atoms with Gasteiger partial charge in [0.1, 0.15) is 0 Å². The second-order valence-corrected chi connectivity index (χ2v) is 5.48. The summed E-state index contributed by atoms with van der Waals surface area (Å²) in [6.45, 7) is 1.70. The molecule has 0 spiro atoms. The Bertz CT molecular complexity index is 389. The molecule has 0 bridgehead atoms. The van der Waals surface area contributed by atoms with Crippen molar-refractivity contribution in [2.24, 2.45) is 0 Å². The van der Waals surface area contributed by atoms with E-state index in [4.69, 9.17) is 4.74 Å². The lowest BCUT2D eigenvalue weighted by molar-refractivity contribution is 0.200. The van der Waals surface area contributed by atoms with Gasteiger partial charge in [-0.25, -0.2) is 8.42 Å². The SMILES string of the molecule is COCCNCCS(=O)(=O)c1ccccc1. The largest absolute Gasteiger partial charge is 0.383 e. The maximum absolute atomic E-state index is 11.8. The van der Waals surface area contributed by atoms with Gasteiger partial charge >= 0.3 is 0 Å². The van der Waals surface area contributed by atoms with Crippen molar-refractivity contribution in [2.45, 2.75) is 4.90 Å². The van der Waals surface area contributed by atoms with Gasteiger partial charge < -0.3 is 10.1 Å². The van der Waals surface area contributed by atoms with Crippen LogP contribution in [0.25, 0.3) is 0 Å². The van der Waals surface area contributed by atoms with E-state index in [2.05, 4.69) is 5.32 Å². The molecular formula is C11H17NO3S. The first kappa shape index (κ1) is 13.2. The molecule has 0 aliphatic heterocycles. The molecule has 0 radical (unpaired) electrons. The number of rotatable bonds is 7. The van der Waals surface area contributed by atoms with E-state index in [-0.39, 0.29) is 5.75 Å². The van der Waals surface area contributed by atoms with Crippen LogP contribution in [-0.4, -0.2) is 41.0 Å². The number of methoxy groups -OCH3 is 1. The van der Waals surface area contributed by atoms with Crippen molar-refractivity contribution in [3.05, 3.63) is 30.3 Å². The fourth-order valence-corrected chi connectivity index (χ4v) is 2.47. The molecule has 0 saturated carbocycles. The summed E-state index contributed by atoms with van der Waals surface area (Å²) < 4.78 is 28.4. The zero-order valence-corrected chi connectivity index (χ0v) is 10.2. The Labute approximate surface area is 96.5 Å². The van der Waals surface area contributed by atoms with Crippen molar-refractivity contribution in [3.8, 4) is 0 Å². The van der Waals surface area contributed by atoms with Crippen LogP contribution in [0.3, 0.4) is 0 Å². The van der Waals surface area contributed by atoms with Crippen LogP contribution >= 0.6 is 0 Å². The van der Waals surface area contributed by atoms with Gasteiger partial charge in [-0.2, -0.15) is 0 Å². The van der Waals surface area contributed by atoms with Crippen LogP contribution in [0.5, 0.6) is 0 Å². The maximum Gasteiger partial charge on any atom is 0.179 e. The maximum atomic E-state index is 11.8. The second kappa shape index (κ2) is 6.62. The molecule has 0 aromatic heterocycles. The summed E-state index contributed by atoms with van der Waals surface area (Å²) in [7, 11) is -1.54. The third-order valence-corrected chi connectivity index (χ3v) is 3.86. The van der Waals surface area contributed by atoms with E-state index in [9.17, 15) is 8.42 Å². The van der Waals surface area contributed by atoms with Gasteiger partial charge in [0.25, 0.3) is 0 Å². The number of hydrogen-bond acceptors (Lipinski definition) is 4. The molecule has 0 aliphatic rings. The fraction of sp³-hybridized carbons (Fsp3) is 0.455. The van der Waals surface area contributed by atoms with E-state index in [0.29, 0.717) is 24.6 Å². The molecule has 5 heteroatoms. The number of sulfone groups is 1. The van der Waals surface area contributed by atoms with Gasteiger partial charge in [-0.3, -0.25) is 0 Å². The molecule has 1 aromatic carbocycles. The molecule has 0 saturated heterocycles. The topological polar surface area (TPSA) is 55.4 Å². The highest BCUT2D eigenvalue weighted by Gasteiger charge is 2.12. The predicted molar refractivity (Wildman–Crippen MR) is 63.2 cm³/mol. The molecule has 0 amide bonds. The van der Waals surface area contributed by atoms with Crippen molar-refractivity contribution in [3.63, 3.8) is 0 Å². The summed E-state index contributed by atoms with van der Waals surface area (Å²) >= 11 is 0. The van der Waals surface area contributed by atoms with E-state index < -0.39 is 9.84 Å². The highest BCUT2D eigenvalue weighted by molar-refractivity contribution is 7.91. The molecule has 0 fully saturated rings. The van der Waals surface area contributed by atoms with Gasteiger partial charge in [0, 0.05) is 20.2 Å². The smallest absolute Gasteiger partial charge is 0.179 e. The Morgan fingerprint density at radius 1 is 1.19 bits per heavy atom. The minimum Gasteiger partial charge on any atom is -0.383 e. The van der Waals surface area contributed by atoms with Crippen LogP contribution in [0.4, 0.5) is 0 Å². The first-order valence-electron chi connectivity index (χ1n) is 5.14. The van der Waals surface area contributed by atoms with Crippen molar-refractivity contribution in [1.29, 1.82) is 0 Å². The van der Waals surface area contributed by atoms with Crippen LogP contribution in [0, 0.1) is 0 Å². The van der Waals surface area contributed by atoms with Gasteiger partial charge in [0.2, 0.25) is 0 Å². The van der Waals surface area contributed by atoms with Crippen molar-refractivity contribution in [2.75, 3.05) is 32.6 Å². The van der Waals surface area contributed by atoms with Crippen molar-refractivity contribution in [1.82, 2.24) is 5.32 Å². The first-order chi connectivity index (χ1) is 7.67. The van der Waals surface area contributed by atoms with Crippen LogP contribution < -0.4 is 5.32 Å². The molecule has 1 N–H and O–H groups in total. The number of nitrogens with one attached hydrogen (secondary N) is 1. The van der Waals surface area contributed by atoms with E-state index in [1.165, 1.54) is 0 Å². The van der Waals surface area contributed by atoms with Gasteiger partial charge in [0.05, 0.1) is 17.3 Å². The third kappa shape index (κ3) is 4.30. The van der Waals surface area contributed by atoms with Crippen molar-refractivity contribution >= 4 is 9.84 Å². The number of hydrogen-bond donors (Lipinski definition) is 1. The molecule has 1 aromatic rings. The van der Waals surface area contributed by atoms with E-state index in [0.717, 1.165) is 0 Å². The Balaban J connectivity index is 2.41. The normalized spacial score (nSPS) is 11.6. The second-order valence-electron chi connectivity index (χ2n) is 3.37. The summed E-state index contributed by atoms with van der Waals surface area (Å²) in [5.74, 6) is 0.112. The molecule has 0 atom stereocenters. The lowest BCUT2D eigenvalue weighted by Crippen LogP contribution is -2.26. The zero-order valence-electron chi connectivity index (χ0n) is 9.35. The average Bonchev–Trinajstić information content (AvgIpc) is 2.30. The van der Waals surface area contributed by atoms with Gasteiger partial charge in [0.15, 0.2) is 9.84 Å². The Hall–Kier alpha value is -0.910. The lowest BCUT2D eigenvalue weighted by atomic mass is 10.4. The van der Waals surface area contributed by atoms with Gasteiger partial charge in [-0.05, 0) is 12.1 Å². The van der Waals surface area contributed by atoms with Crippen LogP contribution in [-0.2, 0) is 14.6 Å². The van der Waals surface area contributed by atoms with Gasteiger partial charge in [-0.1, -0.05) is 18.2 Å². The van der Waals surface area contributed by atoms with E-state index >= 15 is 0 Å². The number of ether oxygens (including phenoxy) is 1. The molecule has 0 aliphatic carbocycles. The lowest BCUT2D eigenvalue weighted by Gasteiger charge is -2.05. The summed E-state index contributed by atoms with van der Waals surface area (Å²) in [4.78, 5) is 0.378. The minimum atomic E-state index is -3.15. The zero-order chi connectivity index (χ0) is 11.9. The molecule has 4 nitrogen and oxygen atoms in total. The third-order valence-electron chi connectivity index (χ3n) is 2.13. The van der Waals surface area contributed by atoms with Crippen LogP contribution in [0.1, 0.15) is 0 Å². The van der Waals surface area contributed by atoms with Crippen LogP contribution in [0.15, 0.2) is 35.2 Å². The summed E-state index contributed by atoms with van der Waals surface area (Å²) in [5, 5.41) is 3.01. The number of benzene rings is 1. The van der Waals surface area contributed by atoms with Crippen LogP contribution in [0.2, 0.25) is 0 Å². The summed E-state index contributed by atoms with van der Waals surface area (Å²) in [6, 6.07) is 8.49. The highest BCUT2D eigenvalue weighted by atomic mass is 32.2. The molecule has 1 rings (SSSR count). The fourth-order valence-electron chi connectivity index (χ4n) is 1.25. The summed E-state index contributed by atoms with van der Waals surface area (Å²) in [5.41, 5.74) is 0. The average molecular weight is 243 g/mol. The molecule has 16 heavy (non-hydrogen) atoms. The Morgan fingerprint density at radius 3 is 2.50 bits per heavy atom. The van der Waals surface area contributed by atoms with E-state index in [1.54, 1.807) is 37.4 Å². The monoisotopic (exact) mass is 243 g/mol. The quantitative estimate of drug-likeness (QED) is 0.716. The standard InChI is InChI=1S/C11H17NO3S/c1-15-9-7-12-8-10-16(13,14)11-5-3-2-4-6-11/h2-6,12H,7-10H2,1H3. The molecular weight excluding hydrogens is 226 g/mol. The highest BCUT2D eigenvalue weighted by Crippen LogP contribution is 2.08. The molecule has 90 valence electrons. The Kier molecular flexibility index (Phi) is 5.45. The summed E-state index contributed by atoms with van der Waals surface area (Å²) in [6.07, 6.45) is 0. The van der Waals surface area contributed by atoms with E-state index in [1.807, 2.05) is 0 Å². The first-order valence-corrected chi connectivity index (χ1v) is 6.79. The Morgan fingerprint density at radius 2 is 1.88 bits per heavy atom. The van der Waals surface area contributed by atoms with Gasteiger partial charge in [-0.15, -0.1) is 0 Å².